The van der Waals surface area contributed by atoms with Crippen LogP contribution in [-0.2, 0) is 11.0 Å². The van der Waals surface area contributed by atoms with E-state index in [2.05, 4.69) is 10.1 Å². The van der Waals surface area contributed by atoms with Crippen LogP contribution in [-0.4, -0.2) is 49.2 Å². The normalized spacial score (nSPS) is 18.2. The molecule has 10 heteroatoms. The van der Waals surface area contributed by atoms with Crippen LogP contribution >= 0.6 is 11.3 Å². The average Bonchev–Trinajstić information content (AvgIpc) is 3.34. The molecule has 1 aliphatic rings. The number of aromatic nitrogens is 3. The van der Waals surface area contributed by atoms with Crippen molar-refractivity contribution in [1.82, 2.24) is 19.5 Å². The van der Waals surface area contributed by atoms with Crippen LogP contribution in [0.5, 0.6) is 0 Å². The standard InChI is InChI=1S/C20H21F3N4O2S/c1-19(2,29)18(28)26-7-3-5-12(11-26)13-10-17-24-14(15-6-4-8-30-15)9-16(20(21,22)23)27(17)25-13/h4,6,8-10,12,29H,3,5,7,11H2,1-2H3. The second-order valence-corrected chi connectivity index (χ2v) is 8.94. The number of aliphatic hydroxyl groups is 1. The molecule has 4 heterocycles. The first-order valence-corrected chi connectivity index (χ1v) is 10.5. The van der Waals surface area contributed by atoms with Crippen LogP contribution in [0.4, 0.5) is 13.2 Å². The van der Waals surface area contributed by atoms with Crippen molar-refractivity contribution in [2.75, 3.05) is 13.1 Å². The Morgan fingerprint density at radius 1 is 1.30 bits per heavy atom. The van der Waals surface area contributed by atoms with Gasteiger partial charge in [0.2, 0.25) is 0 Å². The number of piperidine rings is 1. The predicted octanol–water partition coefficient (Wildman–Crippen LogP) is 3.95. The average molecular weight is 438 g/mol. The highest BCUT2D eigenvalue weighted by Crippen LogP contribution is 2.35. The molecule has 160 valence electrons. The van der Waals surface area contributed by atoms with Crippen LogP contribution in [0.15, 0.2) is 29.6 Å². The third kappa shape index (κ3) is 3.93. The molecule has 6 nitrogen and oxygen atoms in total. The van der Waals surface area contributed by atoms with Crippen molar-refractivity contribution in [2.45, 2.75) is 44.4 Å². The number of carbonyl (C=O) groups is 1. The van der Waals surface area contributed by atoms with Gasteiger partial charge in [0.25, 0.3) is 5.91 Å². The minimum Gasteiger partial charge on any atom is -0.381 e. The van der Waals surface area contributed by atoms with Gasteiger partial charge < -0.3 is 10.0 Å². The van der Waals surface area contributed by atoms with Crippen molar-refractivity contribution in [1.29, 1.82) is 0 Å². The third-order valence-electron chi connectivity index (χ3n) is 5.16. The molecule has 0 bridgehead atoms. The summed E-state index contributed by atoms with van der Waals surface area (Å²) in [5.41, 5.74) is -1.55. The maximum atomic E-state index is 13.7. The molecule has 0 spiro atoms. The Balaban J connectivity index is 1.73. The Morgan fingerprint density at radius 3 is 2.70 bits per heavy atom. The first kappa shape index (κ1) is 20.8. The number of carbonyl (C=O) groups excluding carboxylic acids is 1. The fraction of sp³-hybridized carbons (Fsp3) is 0.450. The van der Waals surface area contributed by atoms with Gasteiger partial charge in [-0.3, -0.25) is 4.79 Å². The predicted molar refractivity (Wildman–Crippen MR) is 106 cm³/mol. The van der Waals surface area contributed by atoms with Crippen LogP contribution in [0.25, 0.3) is 16.2 Å². The summed E-state index contributed by atoms with van der Waals surface area (Å²) in [6.45, 7) is 3.65. The van der Waals surface area contributed by atoms with Gasteiger partial charge in [0.1, 0.15) is 5.60 Å². The highest BCUT2D eigenvalue weighted by molar-refractivity contribution is 7.13. The highest BCUT2D eigenvalue weighted by atomic mass is 32.1. The maximum absolute atomic E-state index is 13.7. The molecule has 1 atom stereocenters. The minimum atomic E-state index is -4.59. The number of thiophene rings is 1. The summed E-state index contributed by atoms with van der Waals surface area (Å²) >= 11 is 1.32. The summed E-state index contributed by atoms with van der Waals surface area (Å²) in [5, 5.41) is 16.0. The lowest BCUT2D eigenvalue weighted by molar-refractivity contribution is -0.149. The van der Waals surface area contributed by atoms with Crippen molar-refractivity contribution < 1.29 is 23.1 Å². The summed E-state index contributed by atoms with van der Waals surface area (Å²) in [6, 6.07) is 6.06. The molecular formula is C20H21F3N4O2S. The molecule has 30 heavy (non-hydrogen) atoms. The van der Waals surface area contributed by atoms with Crippen LogP contribution in [0.1, 0.15) is 44.0 Å². The molecule has 4 rings (SSSR count). The molecule has 1 amide bonds. The third-order valence-corrected chi connectivity index (χ3v) is 6.05. The van der Waals surface area contributed by atoms with Gasteiger partial charge in [-0.15, -0.1) is 11.3 Å². The van der Waals surface area contributed by atoms with Gasteiger partial charge >= 0.3 is 6.18 Å². The topological polar surface area (TPSA) is 70.7 Å². The molecule has 1 fully saturated rings. The number of fused-ring (bicyclic) bond motifs is 1. The second kappa shape index (κ2) is 7.35. The van der Waals surface area contributed by atoms with Crippen LogP contribution < -0.4 is 0 Å². The minimum absolute atomic E-state index is 0.120. The van der Waals surface area contributed by atoms with E-state index in [0.717, 1.165) is 10.6 Å². The zero-order valence-corrected chi connectivity index (χ0v) is 17.3. The van der Waals surface area contributed by atoms with Gasteiger partial charge in [-0.1, -0.05) is 6.07 Å². The van der Waals surface area contributed by atoms with E-state index < -0.39 is 23.4 Å². The summed E-state index contributed by atoms with van der Waals surface area (Å²) < 4.78 is 42.0. The molecule has 0 aromatic carbocycles. The molecule has 1 saturated heterocycles. The molecule has 1 aliphatic heterocycles. The number of alkyl halides is 3. The summed E-state index contributed by atoms with van der Waals surface area (Å²) in [7, 11) is 0. The van der Waals surface area contributed by atoms with Crippen molar-refractivity contribution in [3.63, 3.8) is 0 Å². The zero-order chi connectivity index (χ0) is 21.7. The molecule has 1 N–H and O–H groups in total. The summed E-state index contributed by atoms with van der Waals surface area (Å²) in [4.78, 5) is 19.0. The van der Waals surface area contributed by atoms with Crippen molar-refractivity contribution in [3.05, 3.63) is 41.0 Å². The lowest BCUT2D eigenvalue weighted by Gasteiger charge is -2.35. The molecule has 1 unspecified atom stereocenters. The SMILES string of the molecule is CC(C)(O)C(=O)N1CCCC(c2cc3nc(-c4cccs4)cc(C(F)(F)F)n3n2)C1. The number of hydrogen-bond acceptors (Lipinski definition) is 5. The van der Waals surface area contributed by atoms with Crippen molar-refractivity contribution in [2.24, 2.45) is 0 Å². The summed E-state index contributed by atoms with van der Waals surface area (Å²) in [6.07, 6.45) is -3.22. The lowest BCUT2D eigenvalue weighted by atomic mass is 9.93. The highest BCUT2D eigenvalue weighted by Gasteiger charge is 2.37. The second-order valence-electron chi connectivity index (χ2n) is 7.99. The molecule has 3 aromatic heterocycles. The number of amides is 1. The fourth-order valence-corrected chi connectivity index (χ4v) is 4.42. The number of halogens is 3. The van der Waals surface area contributed by atoms with Gasteiger partial charge in [0, 0.05) is 25.1 Å². The molecular weight excluding hydrogens is 417 g/mol. The lowest BCUT2D eigenvalue weighted by Crippen LogP contribution is -2.48. The Hall–Kier alpha value is -2.46. The van der Waals surface area contributed by atoms with Gasteiger partial charge in [0.05, 0.1) is 16.3 Å². The maximum Gasteiger partial charge on any atom is 0.433 e. The van der Waals surface area contributed by atoms with Crippen LogP contribution in [0, 0.1) is 0 Å². The van der Waals surface area contributed by atoms with Gasteiger partial charge in [-0.25, -0.2) is 9.50 Å². The monoisotopic (exact) mass is 438 g/mol. The first-order chi connectivity index (χ1) is 14.0. The zero-order valence-electron chi connectivity index (χ0n) is 16.5. The summed E-state index contributed by atoms with van der Waals surface area (Å²) in [5.74, 6) is -0.622. The molecule has 0 saturated carbocycles. The number of rotatable bonds is 3. The van der Waals surface area contributed by atoms with Crippen molar-refractivity contribution in [3.8, 4) is 10.6 Å². The molecule has 0 aliphatic carbocycles. The van der Waals surface area contributed by atoms with E-state index in [9.17, 15) is 23.1 Å². The molecule has 3 aromatic rings. The van der Waals surface area contributed by atoms with E-state index in [1.807, 2.05) is 0 Å². The Morgan fingerprint density at radius 2 is 2.07 bits per heavy atom. The quantitative estimate of drug-likeness (QED) is 0.672. The van der Waals surface area contributed by atoms with E-state index in [-0.39, 0.29) is 17.3 Å². The first-order valence-electron chi connectivity index (χ1n) is 9.57. The van der Waals surface area contributed by atoms with Crippen LogP contribution in [0.3, 0.4) is 0 Å². The Kier molecular flexibility index (Phi) is 5.09. The van der Waals surface area contributed by atoms with E-state index in [1.54, 1.807) is 28.5 Å². The van der Waals surface area contributed by atoms with E-state index in [1.165, 1.54) is 25.2 Å². The number of likely N-dealkylation sites (tertiary alicyclic amines) is 1. The molecule has 0 radical (unpaired) electrons. The van der Waals surface area contributed by atoms with E-state index >= 15 is 0 Å². The largest absolute Gasteiger partial charge is 0.433 e. The fourth-order valence-electron chi connectivity index (χ4n) is 3.73. The van der Waals surface area contributed by atoms with Crippen molar-refractivity contribution >= 4 is 22.9 Å². The van der Waals surface area contributed by atoms with E-state index in [4.69, 9.17) is 0 Å². The number of hydrogen-bond donors (Lipinski definition) is 1. The van der Waals surface area contributed by atoms with E-state index in [0.29, 0.717) is 36.5 Å². The van der Waals surface area contributed by atoms with Gasteiger partial charge in [0.15, 0.2) is 11.3 Å². The Bertz CT molecular complexity index is 1070. The van der Waals surface area contributed by atoms with Gasteiger partial charge in [-0.2, -0.15) is 18.3 Å². The number of nitrogens with zero attached hydrogens (tertiary/aromatic N) is 4. The van der Waals surface area contributed by atoms with Gasteiger partial charge in [-0.05, 0) is 44.2 Å². The Labute approximate surface area is 175 Å². The van der Waals surface area contributed by atoms with Crippen LogP contribution in [0.2, 0.25) is 0 Å². The smallest absolute Gasteiger partial charge is 0.381 e.